The Hall–Kier alpha value is -2.10. The van der Waals surface area contributed by atoms with E-state index in [9.17, 15) is 9.59 Å². The van der Waals surface area contributed by atoms with Crippen LogP contribution in [0.5, 0.6) is 0 Å². The van der Waals surface area contributed by atoms with Gasteiger partial charge in [-0.1, -0.05) is 25.1 Å². The number of para-hydroxylation sites is 1. The van der Waals surface area contributed by atoms with Crippen molar-refractivity contribution in [1.82, 2.24) is 9.88 Å². The van der Waals surface area contributed by atoms with E-state index in [0.717, 1.165) is 11.8 Å². The van der Waals surface area contributed by atoms with Crippen molar-refractivity contribution in [2.24, 2.45) is 0 Å². The van der Waals surface area contributed by atoms with Crippen LogP contribution in [0.4, 0.5) is 0 Å². The number of aromatic amines is 1. The molecule has 18 heavy (non-hydrogen) atoms. The molecular weight excluding hydrogens is 228 g/mol. The molecule has 0 saturated carbocycles. The zero-order chi connectivity index (χ0) is 13.1. The number of nitrogens with zero attached hydrogens (tertiary/aromatic N) is 1. The van der Waals surface area contributed by atoms with E-state index in [1.165, 1.54) is 6.07 Å². The normalized spacial score (nSPS) is 10.6. The molecule has 1 aromatic carbocycles. The second-order valence-electron chi connectivity index (χ2n) is 4.32. The molecule has 1 amide bonds. The van der Waals surface area contributed by atoms with Gasteiger partial charge < -0.3 is 9.88 Å². The predicted molar refractivity (Wildman–Crippen MR) is 71.8 cm³/mol. The van der Waals surface area contributed by atoms with Crippen LogP contribution in [0, 0.1) is 0 Å². The smallest absolute Gasteiger partial charge is 0.254 e. The van der Waals surface area contributed by atoms with Crippen molar-refractivity contribution in [1.29, 1.82) is 0 Å². The van der Waals surface area contributed by atoms with Gasteiger partial charge in [0, 0.05) is 30.6 Å². The van der Waals surface area contributed by atoms with Gasteiger partial charge in [-0.15, -0.1) is 0 Å². The Morgan fingerprint density at radius 1 is 1.33 bits per heavy atom. The Labute approximate surface area is 105 Å². The van der Waals surface area contributed by atoms with Crippen LogP contribution in [0.2, 0.25) is 0 Å². The molecule has 2 rings (SSSR count). The summed E-state index contributed by atoms with van der Waals surface area (Å²) in [6.45, 7) is 2.69. The lowest BCUT2D eigenvalue weighted by Gasteiger charge is -2.16. The standard InChI is InChI=1S/C14H16N2O2/c1-3-8-16(2)14(18)11-9-13(17)15-12-7-5-4-6-10(11)12/h4-7,9H,3,8H2,1-2H3,(H,15,17). The first-order valence-electron chi connectivity index (χ1n) is 6.01. The first-order chi connectivity index (χ1) is 8.63. The molecule has 0 radical (unpaired) electrons. The summed E-state index contributed by atoms with van der Waals surface area (Å²) in [5, 5.41) is 0.782. The third kappa shape index (κ3) is 2.27. The largest absolute Gasteiger partial charge is 0.342 e. The molecule has 1 N–H and O–H groups in total. The van der Waals surface area contributed by atoms with Crippen molar-refractivity contribution < 1.29 is 4.79 Å². The molecule has 0 unspecified atom stereocenters. The van der Waals surface area contributed by atoms with Gasteiger partial charge in [-0.3, -0.25) is 9.59 Å². The van der Waals surface area contributed by atoms with Crippen LogP contribution in [0.1, 0.15) is 23.7 Å². The number of nitrogens with one attached hydrogen (secondary N) is 1. The highest BCUT2D eigenvalue weighted by atomic mass is 16.2. The molecule has 4 nitrogen and oxygen atoms in total. The van der Waals surface area contributed by atoms with Gasteiger partial charge in [0.2, 0.25) is 5.56 Å². The Balaban J connectivity index is 2.56. The molecule has 4 heteroatoms. The van der Waals surface area contributed by atoms with E-state index in [1.807, 2.05) is 25.1 Å². The van der Waals surface area contributed by atoms with E-state index in [0.29, 0.717) is 17.6 Å². The molecule has 0 fully saturated rings. The van der Waals surface area contributed by atoms with Gasteiger partial charge in [0.1, 0.15) is 0 Å². The van der Waals surface area contributed by atoms with E-state index in [2.05, 4.69) is 4.98 Å². The molecule has 2 aromatic rings. The van der Waals surface area contributed by atoms with Crippen LogP contribution in [-0.2, 0) is 0 Å². The fraction of sp³-hybridized carbons (Fsp3) is 0.286. The minimum atomic E-state index is -0.248. The van der Waals surface area contributed by atoms with E-state index >= 15 is 0 Å². The maximum Gasteiger partial charge on any atom is 0.254 e. The summed E-state index contributed by atoms with van der Waals surface area (Å²) in [6, 6.07) is 8.71. The summed E-state index contributed by atoms with van der Waals surface area (Å²) >= 11 is 0. The number of carbonyl (C=O) groups excluding carboxylic acids is 1. The van der Waals surface area contributed by atoms with E-state index in [-0.39, 0.29) is 11.5 Å². The van der Waals surface area contributed by atoms with Crippen LogP contribution >= 0.6 is 0 Å². The van der Waals surface area contributed by atoms with Crippen molar-refractivity contribution in [2.75, 3.05) is 13.6 Å². The summed E-state index contributed by atoms with van der Waals surface area (Å²) in [6.07, 6.45) is 0.892. The minimum Gasteiger partial charge on any atom is -0.342 e. The highest BCUT2D eigenvalue weighted by molar-refractivity contribution is 6.05. The van der Waals surface area contributed by atoms with Crippen molar-refractivity contribution in [3.63, 3.8) is 0 Å². The highest BCUT2D eigenvalue weighted by Gasteiger charge is 2.14. The average molecular weight is 244 g/mol. The maximum atomic E-state index is 12.3. The molecule has 1 aromatic heterocycles. The lowest BCUT2D eigenvalue weighted by atomic mass is 10.1. The van der Waals surface area contributed by atoms with Gasteiger partial charge in [0.25, 0.3) is 5.91 Å². The van der Waals surface area contributed by atoms with Gasteiger partial charge in [-0.05, 0) is 12.5 Å². The number of pyridine rings is 1. The third-order valence-electron chi connectivity index (χ3n) is 2.89. The molecule has 1 heterocycles. The molecule has 0 aliphatic carbocycles. The van der Waals surface area contributed by atoms with Crippen molar-refractivity contribution >= 4 is 16.8 Å². The molecule has 94 valence electrons. The zero-order valence-electron chi connectivity index (χ0n) is 10.6. The lowest BCUT2D eigenvalue weighted by Crippen LogP contribution is -2.28. The number of carbonyl (C=O) groups is 1. The van der Waals surface area contributed by atoms with Gasteiger partial charge in [0.15, 0.2) is 0 Å². The van der Waals surface area contributed by atoms with Crippen molar-refractivity contribution in [3.8, 4) is 0 Å². The molecule has 0 atom stereocenters. The molecule has 0 spiro atoms. The van der Waals surface area contributed by atoms with Crippen molar-refractivity contribution in [3.05, 3.63) is 46.2 Å². The topological polar surface area (TPSA) is 53.2 Å². The van der Waals surface area contributed by atoms with Crippen LogP contribution in [0.25, 0.3) is 10.9 Å². The number of rotatable bonds is 3. The van der Waals surface area contributed by atoms with Gasteiger partial charge >= 0.3 is 0 Å². The van der Waals surface area contributed by atoms with Crippen LogP contribution in [-0.4, -0.2) is 29.4 Å². The van der Waals surface area contributed by atoms with Gasteiger partial charge in [-0.2, -0.15) is 0 Å². The lowest BCUT2D eigenvalue weighted by molar-refractivity contribution is 0.0797. The fourth-order valence-electron chi connectivity index (χ4n) is 2.02. The summed E-state index contributed by atoms with van der Waals surface area (Å²) in [7, 11) is 1.75. The third-order valence-corrected chi connectivity index (χ3v) is 2.89. The Bertz CT molecular complexity index is 631. The van der Waals surface area contributed by atoms with Crippen molar-refractivity contribution in [2.45, 2.75) is 13.3 Å². The summed E-state index contributed by atoms with van der Waals surface area (Å²) in [5.41, 5.74) is 0.908. The predicted octanol–water partition coefficient (Wildman–Crippen LogP) is 2.01. The van der Waals surface area contributed by atoms with E-state index in [4.69, 9.17) is 0 Å². The zero-order valence-corrected chi connectivity index (χ0v) is 10.6. The Kier molecular flexibility index (Phi) is 3.46. The number of fused-ring (bicyclic) bond motifs is 1. The number of hydrogen-bond donors (Lipinski definition) is 1. The Morgan fingerprint density at radius 2 is 2.06 bits per heavy atom. The van der Waals surface area contributed by atoms with Crippen LogP contribution in [0.3, 0.4) is 0 Å². The molecular formula is C14H16N2O2. The summed E-state index contributed by atoms with van der Waals surface area (Å²) < 4.78 is 0. The molecule has 0 aliphatic rings. The average Bonchev–Trinajstić information content (AvgIpc) is 2.37. The SMILES string of the molecule is CCCN(C)C(=O)c1cc(=O)[nH]c2ccccc12. The highest BCUT2D eigenvalue weighted by Crippen LogP contribution is 2.16. The quantitative estimate of drug-likeness (QED) is 0.898. The van der Waals surface area contributed by atoms with E-state index < -0.39 is 0 Å². The van der Waals surface area contributed by atoms with Gasteiger partial charge in [-0.25, -0.2) is 0 Å². The monoisotopic (exact) mass is 244 g/mol. The number of H-pyrrole nitrogens is 1. The first-order valence-corrected chi connectivity index (χ1v) is 6.01. The first kappa shape index (κ1) is 12.4. The molecule has 0 bridgehead atoms. The molecule has 0 aliphatic heterocycles. The Morgan fingerprint density at radius 3 is 2.78 bits per heavy atom. The van der Waals surface area contributed by atoms with E-state index in [1.54, 1.807) is 18.0 Å². The summed E-state index contributed by atoms with van der Waals surface area (Å²) in [5.74, 6) is -0.112. The summed E-state index contributed by atoms with van der Waals surface area (Å²) in [4.78, 5) is 28.2. The van der Waals surface area contributed by atoms with Crippen LogP contribution < -0.4 is 5.56 Å². The van der Waals surface area contributed by atoms with Gasteiger partial charge in [0.05, 0.1) is 5.56 Å². The van der Waals surface area contributed by atoms with Crippen LogP contribution in [0.15, 0.2) is 35.1 Å². The number of hydrogen-bond acceptors (Lipinski definition) is 2. The minimum absolute atomic E-state index is 0.112. The fourth-order valence-corrected chi connectivity index (χ4v) is 2.02. The molecule has 0 saturated heterocycles. The second-order valence-corrected chi connectivity index (χ2v) is 4.32. The number of aromatic nitrogens is 1. The number of benzene rings is 1. The number of amides is 1. The second kappa shape index (κ2) is 5.04. The maximum absolute atomic E-state index is 12.3.